The molecule has 0 aliphatic heterocycles. The largest absolute Gasteiger partial charge is 0.365 e. The highest BCUT2D eigenvalue weighted by Crippen LogP contribution is 2.40. The number of nitrogens with zero attached hydrogens (tertiary/aromatic N) is 1. The van der Waals surface area contributed by atoms with Gasteiger partial charge in [-0.15, -0.1) is 11.3 Å². The molecule has 2 aromatic rings. The van der Waals surface area contributed by atoms with E-state index < -0.39 is 16.7 Å². The second-order valence-corrected chi connectivity index (χ2v) is 7.45. The lowest BCUT2D eigenvalue weighted by molar-refractivity contribution is -0.384. The van der Waals surface area contributed by atoms with E-state index in [4.69, 9.17) is 5.73 Å². The number of primary amides is 1. The van der Waals surface area contributed by atoms with Crippen LogP contribution in [-0.2, 0) is 12.8 Å². The first-order chi connectivity index (χ1) is 12.4. The molecule has 0 fully saturated rings. The van der Waals surface area contributed by atoms with Crippen molar-refractivity contribution < 1.29 is 14.5 Å². The number of benzene rings is 1. The van der Waals surface area contributed by atoms with Gasteiger partial charge in [-0.2, -0.15) is 0 Å². The molecule has 1 aliphatic rings. The van der Waals surface area contributed by atoms with Crippen LogP contribution < -0.4 is 11.1 Å². The molecule has 1 aromatic heterocycles. The lowest BCUT2D eigenvalue weighted by Crippen LogP contribution is -2.19. The van der Waals surface area contributed by atoms with Gasteiger partial charge in [0.2, 0.25) is 0 Å². The van der Waals surface area contributed by atoms with E-state index in [0.717, 1.165) is 36.1 Å². The topological polar surface area (TPSA) is 115 Å². The molecule has 136 valence electrons. The summed E-state index contributed by atoms with van der Waals surface area (Å²) in [6.07, 6.45) is 3.77. The Balaban J connectivity index is 1.87. The number of hydrogen-bond acceptors (Lipinski definition) is 5. The zero-order valence-corrected chi connectivity index (χ0v) is 15.1. The molecule has 1 aliphatic carbocycles. The molecular formula is C18H19N3O4S. The SMILES string of the molecule is CC[C@H]1CCc2c(sc(NC(=O)c3ccc([N+](=O)[O-])cc3)c2C(N)=O)C1. The average Bonchev–Trinajstić information content (AvgIpc) is 2.98. The van der Waals surface area contributed by atoms with Crippen LogP contribution in [0.4, 0.5) is 10.7 Å². The number of fused-ring (bicyclic) bond motifs is 1. The molecule has 0 saturated heterocycles. The second-order valence-electron chi connectivity index (χ2n) is 6.35. The van der Waals surface area contributed by atoms with Gasteiger partial charge in [0.25, 0.3) is 17.5 Å². The van der Waals surface area contributed by atoms with Crippen molar-refractivity contribution in [3.05, 3.63) is 55.9 Å². The maximum Gasteiger partial charge on any atom is 0.269 e. The summed E-state index contributed by atoms with van der Waals surface area (Å²) in [6, 6.07) is 5.32. The van der Waals surface area contributed by atoms with Crippen LogP contribution in [0, 0.1) is 16.0 Å². The summed E-state index contributed by atoms with van der Waals surface area (Å²) < 4.78 is 0. The fourth-order valence-electron chi connectivity index (χ4n) is 3.26. The average molecular weight is 373 g/mol. The first-order valence-corrected chi connectivity index (χ1v) is 9.22. The number of hydrogen-bond donors (Lipinski definition) is 2. The molecule has 2 amide bonds. The van der Waals surface area contributed by atoms with Crippen molar-refractivity contribution in [1.29, 1.82) is 0 Å². The van der Waals surface area contributed by atoms with Gasteiger partial charge < -0.3 is 11.1 Å². The van der Waals surface area contributed by atoms with E-state index in [2.05, 4.69) is 12.2 Å². The number of nitrogens with two attached hydrogens (primary N) is 1. The molecular weight excluding hydrogens is 354 g/mol. The fraction of sp³-hybridized carbons (Fsp3) is 0.333. The monoisotopic (exact) mass is 373 g/mol. The summed E-state index contributed by atoms with van der Waals surface area (Å²) in [5.74, 6) is -0.385. The van der Waals surface area contributed by atoms with E-state index in [1.807, 2.05) is 0 Å². The van der Waals surface area contributed by atoms with Gasteiger partial charge in [-0.1, -0.05) is 13.3 Å². The van der Waals surface area contributed by atoms with Gasteiger partial charge in [0.1, 0.15) is 5.00 Å². The highest BCUT2D eigenvalue weighted by molar-refractivity contribution is 7.17. The first-order valence-electron chi connectivity index (χ1n) is 8.40. The van der Waals surface area contributed by atoms with Crippen LogP contribution >= 0.6 is 11.3 Å². The molecule has 0 radical (unpaired) electrons. The van der Waals surface area contributed by atoms with Gasteiger partial charge in [-0.25, -0.2) is 0 Å². The Morgan fingerprint density at radius 3 is 2.62 bits per heavy atom. The number of nitro groups is 1. The van der Waals surface area contributed by atoms with Crippen LogP contribution in [0.1, 0.15) is 50.9 Å². The molecule has 0 saturated carbocycles. The van der Waals surface area contributed by atoms with Crippen LogP contribution in [-0.4, -0.2) is 16.7 Å². The highest BCUT2D eigenvalue weighted by Gasteiger charge is 2.28. The molecule has 0 unspecified atom stereocenters. The van der Waals surface area contributed by atoms with Crippen molar-refractivity contribution in [1.82, 2.24) is 0 Å². The number of carbonyl (C=O) groups is 2. The Morgan fingerprint density at radius 2 is 2.04 bits per heavy atom. The number of anilines is 1. The third kappa shape index (κ3) is 3.45. The third-order valence-electron chi connectivity index (χ3n) is 4.76. The van der Waals surface area contributed by atoms with E-state index in [-0.39, 0.29) is 11.3 Å². The molecule has 1 aromatic carbocycles. The van der Waals surface area contributed by atoms with Crippen LogP contribution in [0.25, 0.3) is 0 Å². The number of rotatable bonds is 5. The van der Waals surface area contributed by atoms with Gasteiger partial charge >= 0.3 is 0 Å². The molecule has 26 heavy (non-hydrogen) atoms. The van der Waals surface area contributed by atoms with E-state index in [9.17, 15) is 19.7 Å². The Labute approximate surface area is 154 Å². The zero-order valence-electron chi connectivity index (χ0n) is 14.3. The summed E-state index contributed by atoms with van der Waals surface area (Å²) in [5, 5.41) is 13.9. The molecule has 1 atom stereocenters. The fourth-order valence-corrected chi connectivity index (χ4v) is 4.62. The smallest absolute Gasteiger partial charge is 0.269 e. The van der Waals surface area contributed by atoms with E-state index in [0.29, 0.717) is 16.5 Å². The predicted octanol–water partition coefficient (Wildman–Crippen LogP) is 3.52. The van der Waals surface area contributed by atoms with Gasteiger partial charge in [-0.05, 0) is 42.9 Å². The third-order valence-corrected chi connectivity index (χ3v) is 5.93. The van der Waals surface area contributed by atoms with Crippen molar-refractivity contribution in [2.24, 2.45) is 11.7 Å². The summed E-state index contributed by atoms with van der Waals surface area (Å²) >= 11 is 1.40. The highest BCUT2D eigenvalue weighted by atomic mass is 32.1. The van der Waals surface area contributed by atoms with Crippen molar-refractivity contribution >= 4 is 33.8 Å². The van der Waals surface area contributed by atoms with E-state index in [1.165, 1.54) is 35.6 Å². The van der Waals surface area contributed by atoms with Crippen molar-refractivity contribution in [2.75, 3.05) is 5.32 Å². The molecule has 1 heterocycles. The number of thiophene rings is 1. The van der Waals surface area contributed by atoms with Gasteiger partial charge in [0, 0.05) is 22.6 Å². The van der Waals surface area contributed by atoms with Crippen LogP contribution in [0.15, 0.2) is 24.3 Å². The summed E-state index contributed by atoms with van der Waals surface area (Å²) in [6.45, 7) is 2.15. The minimum atomic E-state index is -0.545. The van der Waals surface area contributed by atoms with Crippen molar-refractivity contribution in [3.63, 3.8) is 0 Å². The first kappa shape index (κ1) is 18.1. The minimum absolute atomic E-state index is 0.0865. The maximum atomic E-state index is 12.5. The minimum Gasteiger partial charge on any atom is -0.365 e. The second kappa shape index (κ2) is 7.25. The normalized spacial score (nSPS) is 16.0. The van der Waals surface area contributed by atoms with Crippen molar-refractivity contribution in [3.8, 4) is 0 Å². The molecule has 0 spiro atoms. The van der Waals surface area contributed by atoms with E-state index in [1.54, 1.807) is 0 Å². The van der Waals surface area contributed by atoms with E-state index >= 15 is 0 Å². The standard InChI is InChI=1S/C18H19N3O4S/c1-2-10-3-8-13-14(9-10)26-18(15(13)16(19)22)20-17(23)11-4-6-12(7-5-11)21(24)25/h4-7,10H,2-3,8-9H2,1H3,(H2,19,22)(H,20,23)/t10-/m0/s1. The lowest BCUT2D eigenvalue weighted by Gasteiger charge is -2.20. The molecule has 7 nitrogen and oxygen atoms in total. The van der Waals surface area contributed by atoms with Crippen LogP contribution in [0.5, 0.6) is 0 Å². The Morgan fingerprint density at radius 1 is 1.35 bits per heavy atom. The van der Waals surface area contributed by atoms with Gasteiger partial charge in [0.15, 0.2) is 0 Å². The number of carbonyl (C=O) groups excluding carboxylic acids is 2. The number of non-ortho nitro benzene ring substituents is 1. The Bertz CT molecular complexity index is 873. The number of nitro benzene ring substituents is 1. The van der Waals surface area contributed by atoms with Crippen LogP contribution in [0.3, 0.4) is 0 Å². The zero-order chi connectivity index (χ0) is 18.8. The molecule has 8 heteroatoms. The maximum absolute atomic E-state index is 12.5. The number of amides is 2. The van der Waals surface area contributed by atoms with Gasteiger partial charge in [0.05, 0.1) is 10.5 Å². The number of nitrogens with one attached hydrogen (secondary N) is 1. The quantitative estimate of drug-likeness (QED) is 0.616. The molecule has 0 bridgehead atoms. The van der Waals surface area contributed by atoms with Gasteiger partial charge in [-0.3, -0.25) is 19.7 Å². The summed E-state index contributed by atoms with van der Waals surface area (Å²) in [7, 11) is 0. The van der Waals surface area contributed by atoms with Crippen LogP contribution in [0.2, 0.25) is 0 Å². The Kier molecular flexibility index (Phi) is 5.03. The predicted molar refractivity (Wildman–Crippen MR) is 99.7 cm³/mol. The van der Waals surface area contributed by atoms with Crippen molar-refractivity contribution in [2.45, 2.75) is 32.6 Å². The lowest BCUT2D eigenvalue weighted by atomic mass is 9.85. The molecule has 3 rings (SSSR count). The summed E-state index contributed by atoms with van der Waals surface area (Å²) in [4.78, 5) is 35.7. The molecule has 3 N–H and O–H groups in total. The Hall–Kier alpha value is -2.74. The summed E-state index contributed by atoms with van der Waals surface area (Å²) in [5.41, 5.74) is 7.10.